The van der Waals surface area contributed by atoms with E-state index in [1.807, 2.05) is 54.0 Å². The molecule has 1 aliphatic rings. The van der Waals surface area contributed by atoms with Crippen molar-refractivity contribution >= 4 is 38.9 Å². The number of hydrogen-bond donors (Lipinski definition) is 0. The lowest BCUT2D eigenvalue weighted by molar-refractivity contribution is 0.0473. The van der Waals surface area contributed by atoms with Gasteiger partial charge in [0.15, 0.2) is 0 Å². The highest BCUT2D eigenvalue weighted by Gasteiger charge is 2.28. The van der Waals surface area contributed by atoms with Gasteiger partial charge < -0.3 is 9.47 Å². The number of sulfonamides is 1. The topological polar surface area (TPSA) is 90.7 Å². The van der Waals surface area contributed by atoms with Crippen LogP contribution in [-0.2, 0) is 26.1 Å². The van der Waals surface area contributed by atoms with Gasteiger partial charge in [-0.1, -0.05) is 35.9 Å². The zero-order chi connectivity index (χ0) is 25.1. The predicted molar refractivity (Wildman–Crippen MR) is 137 cm³/mol. The first-order valence-electron chi connectivity index (χ1n) is 11.2. The third kappa shape index (κ3) is 5.09. The molecule has 0 bridgehead atoms. The molecule has 0 unspecified atom stereocenters. The fourth-order valence-electron chi connectivity index (χ4n) is 3.83. The highest BCUT2D eigenvalue weighted by Crippen LogP contribution is 2.29. The van der Waals surface area contributed by atoms with Gasteiger partial charge in [0.25, 0.3) is 0 Å². The zero-order valence-corrected chi connectivity index (χ0v) is 21.4. The Bertz CT molecular complexity index is 1460. The van der Waals surface area contributed by atoms with Crippen LogP contribution < -0.4 is 0 Å². The Kier molecular flexibility index (Phi) is 7.22. The molecule has 0 amide bonds. The van der Waals surface area contributed by atoms with Crippen LogP contribution in [0, 0.1) is 0 Å². The number of esters is 1. The van der Waals surface area contributed by atoms with Crippen molar-refractivity contribution in [1.82, 2.24) is 14.1 Å². The number of ether oxygens (including phenoxy) is 2. The van der Waals surface area contributed by atoms with Gasteiger partial charge in [0.1, 0.15) is 12.3 Å². The Hall–Kier alpha value is -3.02. The molecule has 4 aromatic rings. The molecule has 8 nitrogen and oxygen atoms in total. The quantitative estimate of drug-likeness (QED) is 0.316. The minimum atomic E-state index is -3.79. The lowest BCUT2D eigenvalue weighted by Gasteiger charge is -2.26. The van der Waals surface area contributed by atoms with Crippen LogP contribution in [0.5, 0.6) is 0 Å². The van der Waals surface area contributed by atoms with E-state index in [2.05, 4.69) is 0 Å². The second-order valence-corrected chi connectivity index (χ2v) is 11.3. The van der Waals surface area contributed by atoms with E-state index in [1.54, 1.807) is 4.68 Å². The maximum absolute atomic E-state index is 13.0. The summed E-state index contributed by atoms with van der Waals surface area (Å²) in [4.78, 5) is 13.9. The second kappa shape index (κ2) is 10.5. The SMILES string of the molecule is O=C(OCc1cn(-c2ccccc2)nc1-c1cccs1)c1cc(S(=O)(=O)N2CCOCC2)ccc1Cl. The van der Waals surface area contributed by atoms with E-state index in [-0.39, 0.29) is 35.2 Å². The van der Waals surface area contributed by atoms with Crippen molar-refractivity contribution in [3.63, 3.8) is 0 Å². The molecule has 2 aromatic carbocycles. The van der Waals surface area contributed by atoms with Crippen LogP contribution in [0.15, 0.2) is 77.1 Å². The van der Waals surface area contributed by atoms with Gasteiger partial charge in [0, 0.05) is 24.8 Å². The van der Waals surface area contributed by atoms with Crippen molar-refractivity contribution in [1.29, 1.82) is 0 Å². The molecule has 0 N–H and O–H groups in total. The molecule has 1 saturated heterocycles. The molecule has 0 spiro atoms. The summed E-state index contributed by atoms with van der Waals surface area (Å²) in [6, 6.07) is 17.6. The van der Waals surface area contributed by atoms with Gasteiger partial charge in [0.2, 0.25) is 10.0 Å². The summed E-state index contributed by atoms with van der Waals surface area (Å²) < 4.78 is 40.0. The minimum Gasteiger partial charge on any atom is -0.457 e. The van der Waals surface area contributed by atoms with Gasteiger partial charge in [0.05, 0.1) is 39.3 Å². The number of aromatic nitrogens is 2. The number of nitrogens with zero attached hydrogens (tertiary/aromatic N) is 3. The van der Waals surface area contributed by atoms with E-state index in [9.17, 15) is 13.2 Å². The van der Waals surface area contributed by atoms with Gasteiger partial charge in [-0.3, -0.25) is 0 Å². The summed E-state index contributed by atoms with van der Waals surface area (Å²) in [5.41, 5.74) is 2.27. The Labute approximate surface area is 217 Å². The number of hydrogen-bond acceptors (Lipinski definition) is 7. The maximum atomic E-state index is 13.0. The van der Waals surface area contributed by atoms with E-state index in [0.29, 0.717) is 24.5 Å². The van der Waals surface area contributed by atoms with Crippen LogP contribution in [-0.4, -0.2) is 54.8 Å². The molecule has 11 heteroatoms. The molecular formula is C25H22ClN3O5S2. The van der Waals surface area contributed by atoms with Gasteiger partial charge in [-0.05, 0) is 41.8 Å². The van der Waals surface area contributed by atoms with E-state index >= 15 is 0 Å². The molecule has 0 saturated carbocycles. The number of carbonyl (C=O) groups is 1. The molecule has 1 fully saturated rings. The summed E-state index contributed by atoms with van der Waals surface area (Å²) in [7, 11) is -3.79. The number of morpholine rings is 1. The molecule has 1 aliphatic heterocycles. The lowest BCUT2D eigenvalue weighted by Crippen LogP contribution is -2.40. The summed E-state index contributed by atoms with van der Waals surface area (Å²) in [6.45, 7) is 1.09. The first kappa shape index (κ1) is 24.7. The largest absolute Gasteiger partial charge is 0.457 e. The fraction of sp³-hybridized carbons (Fsp3) is 0.200. The normalized spacial score (nSPS) is 14.6. The van der Waals surface area contributed by atoms with Crippen LogP contribution in [0.3, 0.4) is 0 Å². The summed E-state index contributed by atoms with van der Waals surface area (Å²) in [5, 5.41) is 6.77. The Morgan fingerprint density at radius 3 is 2.58 bits per heavy atom. The third-order valence-corrected chi connectivity index (χ3v) is 8.79. The highest BCUT2D eigenvalue weighted by molar-refractivity contribution is 7.89. The predicted octanol–water partition coefficient (Wildman–Crippen LogP) is 4.63. The van der Waals surface area contributed by atoms with Gasteiger partial charge in [-0.2, -0.15) is 9.40 Å². The number of benzene rings is 2. The molecule has 0 radical (unpaired) electrons. The average molecular weight is 544 g/mol. The van der Waals surface area contributed by atoms with E-state index in [0.717, 1.165) is 10.6 Å². The van der Waals surface area contributed by atoms with Crippen LogP contribution in [0.4, 0.5) is 0 Å². The van der Waals surface area contributed by atoms with Gasteiger partial charge >= 0.3 is 5.97 Å². The summed E-state index contributed by atoms with van der Waals surface area (Å²) in [5.74, 6) is -0.719. The standard InChI is InChI=1S/C25H22ClN3O5S2/c26-22-9-8-20(36(31,32)28-10-12-33-13-11-28)15-21(22)25(30)34-17-18-16-29(19-5-2-1-3-6-19)27-24(18)23-7-4-14-35-23/h1-9,14-16H,10-13,17H2. The van der Waals surface area contributed by atoms with Crippen LogP contribution in [0.1, 0.15) is 15.9 Å². The molecule has 186 valence electrons. The first-order valence-corrected chi connectivity index (χ1v) is 13.9. The molecule has 5 rings (SSSR count). The highest BCUT2D eigenvalue weighted by atomic mass is 35.5. The molecule has 0 atom stereocenters. The Balaban J connectivity index is 1.39. The summed E-state index contributed by atoms with van der Waals surface area (Å²) in [6.07, 6.45) is 1.82. The number of carbonyl (C=O) groups excluding carboxylic acids is 1. The van der Waals surface area contributed by atoms with E-state index < -0.39 is 16.0 Å². The number of thiophene rings is 1. The third-order valence-electron chi connectivity index (χ3n) is 5.69. The van der Waals surface area contributed by atoms with E-state index in [4.69, 9.17) is 26.2 Å². The fourth-order valence-corrected chi connectivity index (χ4v) is 6.20. The average Bonchev–Trinajstić information content (AvgIpc) is 3.59. The van der Waals surface area contributed by atoms with Crippen LogP contribution in [0.2, 0.25) is 5.02 Å². The summed E-state index contributed by atoms with van der Waals surface area (Å²) >= 11 is 7.79. The monoisotopic (exact) mass is 543 g/mol. The molecule has 3 heterocycles. The van der Waals surface area contributed by atoms with Crippen molar-refractivity contribution in [2.24, 2.45) is 0 Å². The number of halogens is 1. The van der Waals surface area contributed by atoms with Crippen molar-refractivity contribution in [2.75, 3.05) is 26.3 Å². The van der Waals surface area contributed by atoms with Crippen molar-refractivity contribution in [2.45, 2.75) is 11.5 Å². The zero-order valence-electron chi connectivity index (χ0n) is 19.0. The van der Waals surface area contributed by atoms with Crippen molar-refractivity contribution in [3.05, 3.63) is 88.4 Å². The molecule has 2 aromatic heterocycles. The molecular weight excluding hydrogens is 522 g/mol. The maximum Gasteiger partial charge on any atom is 0.340 e. The molecule has 0 aliphatic carbocycles. The van der Waals surface area contributed by atoms with Crippen molar-refractivity contribution in [3.8, 4) is 16.3 Å². The Morgan fingerprint density at radius 2 is 1.86 bits per heavy atom. The Morgan fingerprint density at radius 1 is 1.08 bits per heavy atom. The van der Waals surface area contributed by atoms with Crippen LogP contribution >= 0.6 is 22.9 Å². The van der Waals surface area contributed by atoms with Gasteiger partial charge in [-0.25, -0.2) is 17.9 Å². The van der Waals surface area contributed by atoms with E-state index in [1.165, 1.54) is 33.8 Å². The number of rotatable bonds is 7. The smallest absolute Gasteiger partial charge is 0.340 e. The second-order valence-electron chi connectivity index (χ2n) is 7.99. The van der Waals surface area contributed by atoms with Crippen LogP contribution in [0.25, 0.3) is 16.3 Å². The first-order chi connectivity index (χ1) is 17.4. The lowest BCUT2D eigenvalue weighted by atomic mass is 10.2. The number of para-hydroxylation sites is 1. The molecule has 36 heavy (non-hydrogen) atoms. The minimum absolute atomic E-state index is 0.0147. The van der Waals surface area contributed by atoms with Crippen molar-refractivity contribution < 1.29 is 22.7 Å². The van der Waals surface area contributed by atoms with Gasteiger partial charge in [-0.15, -0.1) is 11.3 Å².